The minimum Gasteiger partial charge on any atom is -0.386 e. The molecule has 0 bridgehead atoms. The van der Waals surface area contributed by atoms with Gasteiger partial charge in [0.2, 0.25) is 5.91 Å². The van der Waals surface area contributed by atoms with Crippen molar-refractivity contribution in [3.8, 4) is 0 Å². The molecule has 0 radical (unpaired) electrons. The highest BCUT2D eigenvalue weighted by Gasteiger charge is 2.16. The molecule has 1 aromatic carbocycles. The van der Waals surface area contributed by atoms with Crippen molar-refractivity contribution in [3.63, 3.8) is 0 Å². The van der Waals surface area contributed by atoms with Crippen LogP contribution in [-0.4, -0.2) is 17.1 Å². The predicted octanol–water partition coefficient (Wildman–Crippen LogP) is 1.72. The molecule has 0 aliphatic rings. The number of carbonyl (C=O) groups excluding carboxylic acids is 1. The van der Waals surface area contributed by atoms with Crippen molar-refractivity contribution in [2.24, 2.45) is 0 Å². The van der Waals surface area contributed by atoms with Gasteiger partial charge in [-0.2, -0.15) is 0 Å². The average molecular weight is 219 g/mol. The zero-order valence-corrected chi connectivity index (χ0v) is 9.60. The van der Waals surface area contributed by atoms with Crippen LogP contribution in [0, 0.1) is 6.92 Å². The number of aliphatic hydroxyl groups is 1. The van der Waals surface area contributed by atoms with Crippen LogP contribution in [0.3, 0.4) is 0 Å². The van der Waals surface area contributed by atoms with E-state index in [0.29, 0.717) is 0 Å². The first kappa shape index (κ1) is 12.5. The Balaban J connectivity index is 2.69. The van der Waals surface area contributed by atoms with E-state index in [-0.39, 0.29) is 11.9 Å². The SMILES string of the molecule is C=CC(=O)NC(C)C(O)c1ccc(C)cc1. The number of aliphatic hydroxyl groups excluding tert-OH is 1. The summed E-state index contributed by atoms with van der Waals surface area (Å²) in [5.41, 5.74) is 1.93. The zero-order valence-electron chi connectivity index (χ0n) is 9.60. The molecule has 86 valence electrons. The number of aryl methyl sites for hydroxylation is 1. The van der Waals surface area contributed by atoms with E-state index < -0.39 is 6.10 Å². The molecule has 2 atom stereocenters. The first-order chi connectivity index (χ1) is 7.54. The van der Waals surface area contributed by atoms with Crippen LogP contribution in [0.2, 0.25) is 0 Å². The van der Waals surface area contributed by atoms with E-state index in [1.807, 2.05) is 31.2 Å². The summed E-state index contributed by atoms with van der Waals surface area (Å²) in [7, 11) is 0. The molecule has 16 heavy (non-hydrogen) atoms. The summed E-state index contributed by atoms with van der Waals surface area (Å²) in [6, 6.07) is 7.24. The fourth-order valence-electron chi connectivity index (χ4n) is 1.41. The summed E-state index contributed by atoms with van der Waals surface area (Å²) in [5, 5.41) is 12.6. The first-order valence-electron chi connectivity index (χ1n) is 5.22. The summed E-state index contributed by atoms with van der Waals surface area (Å²) >= 11 is 0. The molecule has 0 aliphatic carbocycles. The second-order valence-electron chi connectivity index (χ2n) is 3.86. The highest BCUT2D eigenvalue weighted by molar-refractivity contribution is 5.87. The molecule has 0 heterocycles. The maximum absolute atomic E-state index is 11.1. The molecule has 0 saturated heterocycles. The molecule has 0 saturated carbocycles. The molecule has 3 heteroatoms. The maximum Gasteiger partial charge on any atom is 0.243 e. The first-order valence-corrected chi connectivity index (χ1v) is 5.22. The largest absolute Gasteiger partial charge is 0.386 e. The summed E-state index contributed by atoms with van der Waals surface area (Å²) < 4.78 is 0. The van der Waals surface area contributed by atoms with E-state index in [4.69, 9.17) is 0 Å². The molecular weight excluding hydrogens is 202 g/mol. The van der Waals surface area contributed by atoms with Crippen LogP contribution >= 0.6 is 0 Å². The Bertz CT molecular complexity index is 370. The monoisotopic (exact) mass is 219 g/mol. The average Bonchev–Trinajstić information content (AvgIpc) is 2.28. The topological polar surface area (TPSA) is 49.3 Å². The third-order valence-corrected chi connectivity index (χ3v) is 2.45. The number of rotatable bonds is 4. The van der Waals surface area contributed by atoms with Gasteiger partial charge >= 0.3 is 0 Å². The number of hydrogen-bond donors (Lipinski definition) is 2. The fraction of sp³-hybridized carbons (Fsp3) is 0.308. The Kier molecular flexibility index (Phi) is 4.26. The van der Waals surface area contributed by atoms with E-state index in [2.05, 4.69) is 11.9 Å². The van der Waals surface area contributed by atoms with Gasteiger partial charge < -0.3 is 10.4 Å². The molecule has 2 N–H and O–H groups in total. The summed E-state index contributed by atoms with van der Waals surface area (Å²) in [6.45, 7) is 7.10. The summed E-state index contributed by atoms with van der Waals surface area (Å²) in [6.07, 6.45) is 0.489. The van der Waals surface area contributed by atoms with Gasteiger partial charge in [0.05, 0.1) is 12.1 Å². The van der Waals surface area contributed by atoms with Gasteiger partial charge in [-0.3, -0.25) is 4.79 Å². The van der Waals surface area contributed by atoms with Gasteiger partial charge in [-0.05, 0) is 25.5 Å². The highest BCUT2D eigenvalue weighted by Crippen LogP contribution is 2.17. The minimum absolute atomic E-state index is 0.279. The Morgan fingerprint density at radius 3 is 2.50 bits per heavy atom. The van der Waals surface area contributed by atoms with Crippen LogP contribution in [0.15, 0.2) is 36.9 Å². The Morgan fingerprint density at radius 2 is 2.00 bits per heavy atom. The van der Waals surface area contributed by atoms with Crippen LogP contribution in [0.5, 0.6) is 0 Å². The number of amides is 1. The predicted molar refractivity (Wildman–Crippen MR) is 63.9 cm³/mol. The molecule has 0 aromatic heterocycles. The van der Waals surface area contributed by atoms with E-state index in [9.17, 15) is 9.90 Å². The number of benzene rings is 1. The normalized spacial score (nSPS) is 13.9. The van der Waals surface area contributed by atoms with Gasteiger partial charge in [0.15, 0.2) is 0 Å². The quantitative estimate of drug-likeness (QED) is 0.757. The lowest BCUT2D eigenvalue weighted by atomic mass is 10.0. The molecule has 0 aliphatic heterocycles. The third-order valence-electron chi connectivity index (χ3n) is 2.45. The van der Waals surface area contributed by atoms with Crippen LogP contribution in [0.25, 0.3) is 0 Å². The Labute approximate surface area is 95.8 Å². The molecule has 1 rings (SSSR count). The van der Waals surface area contributed by atoms with Crippen LogP contribution in [0.1, 0.15) is 24.2 Å². The Morgan fingerprint density at radius 1 is 1.44 bits per heavy atom. The molecule has 2 unspecified atom stereocenters. The van der Waals surface area contributed by atoms with Crippen molar-refractivity contribution in [3.05, 3.63) is 48.0 Å². The summed E-state index contributed by atoms with van der Waals surface area (Å²) in [4.78, 5) is 11.1. The van der Waals surface area contributed by atoms with Gasteiger partial charge in [-0.15, -0.1) is 0 Å². The zero-order chi connectivity index (χ0) is 12.1. The molecule has 1 aromatic rings. The van der Waals surface area contributed by atoms with Crippen molar-refractivity contribution in [1.82, 2.24) is 5.32 Å². The number of carbonyl (C=O) groups is 1. The lowest BCUT2D eigenvalue weighted by molar-refractivity contribution is -0.117. The standard InChI is InChI=1S/C13H17NO2/c1-4-12(15)14-10(3)13(16)11-7-5-9(2)6-8-11/h4-8,10,13,16H,1H2,2-3H3,(H,14,15). The number of hydrogen-bond acceptors (Lipinski definition) is 2. The van der Waals surface area contributed by atoms with E-state index >= 15 is 0 Å². The lowest BCUT2D eigenvalue weighted by Crippen LogP contribution is -2.35. The fourth-order valence-corrected chi connectivity index (χ4v) is 1.41. The summed E-state index contributed by atoms with van der Waals surface area (Å²) in [5.74, 6) is -0.279. The van der Waals surface area contributed by atoms with E-state index in [1.54, 1.807) is 6.92 Å². The lowest BCUT2D eigenvalue weighted by Gasteiger charge is -2.20. The molecule has 0 spiro atoms. The Hall–Kier alpha value is -1.61. The van der Waals surface area contributed by atoms with Gasteiger partial charge in [0.1, 0.15) is 0 Å². The van der Waals surface area contributed by atoms with Gasteiger partial charge in [0.25, 0.3) is 0 Å². The third kappa shape index (κ3) is 3.21. The number of nitrogens with one attached hydrogen (secondary N) is 1. The van der Waals surface area contributed by atoms with Crippen molar-refractivity contribution >= 4 is 5.91 Å². The van der Waals surface area contributed by atoms with Gasteiger partial charge in [-0.25, -0.2) is 0 Å². The van der Waals surface area contributed by atoms with Crippen LogP contribution in [-0.2, 0) is 4.79 Å². The van der Waals surface area contributed by atoms with Crippen molar-refractivity contribution in [2.45, 2.75) is 26.0 Å². The van der Waals surface area contributed by atoms with E-state index in [1.165, 1.54) is 6.08 Å². The van der Waals surface area contributed by atoms with Crippen LogP contribution < -0.4 is 5.32 Å². The molecular formula is C13H17NO2. The van der Waals surface area contributed by atoms with Crippen molar-refractivity contribution < 1.29 is 9.90 Å². The molecule has 0 fully saturated rings. The van der Waals surface area contributed by atoms with Gasteiger partial charge in [0, 0.05) is 0 Å². The van der Waals surface area contributed by atoms with E-state index in [0.717, 1.165) is 11.1 Å². The van der Waals surface area contributed by atoms with Gasteiger partial charge in [-0.1, -0.05) is 36.4 Å². The van der Waals surface area contributed by atoms with Crippen molar-refractivity contribution in [1.29, 1.82) is 0 Å². The molecule has 3 nitrogen and oxygen atoms in total. The smallest absolute Gasteiger partial charge is 0.243 e. The molecule has 1 amide bonds. The second-order valence-corrected chi connectivity index (χ2v) is 3.86. The second kappa shape index (κ2) is 5.47. The maximum atomic E-state index is 11.1. The van der Waals surface area contributed by atoms with Crippen LogP contribution in [0.4, 0.5) is 0 Å². The highest BCUT2D eigenvalue weighted by atomic mass is 16.3. The minimum atomic E-state index is -0.704. The van der Waals surface area contributed by atoms with Crippen molar-refractivity contribution in [2.75, 3.05) is 0 Å².